The summed E-state index contributed by atoms with van der Waals surface area (Å²) >= 11 is 0. The fraction of sp³-hybridized carbons (Fsp3) is 0.500. The van der Waals surface area contributed by atoms with Crippen LogP contribution in [0.25, 0.3) is 0 Å². The van der Waals surface area contributed by atoms with Crippen molar-refractivity contribution in [3.63, 3.8) is 0 Å². The van der Waals surface area contributed by atoms with Gasteiger partial charge in [-0.15, -0.1) is 0 Å². The molecule has 3 heterocycles. The number of pyridine rings is 1. The summed E-state index contributed by atoms with van der Waals surface area (Å²) in [6, 6.07) is 1.25. The van der Waals surface area contributed by atoms with Crippen molar-refractivity contribution >= 4 is 5.91 Å². The maximum Gasteiger partial charge on any atom is 0.278 e. The lowest BCUT2D eigenvalue weighted by molar-refractivity contribution is 0.0517. The molecule has 0 aliphatic carbocycles. The molecular formula is C12H15N3O3. The van der Waals surface area contributed by atoms with Crippen LogP contribution in [0, 0.1) is 5.92 Å². The summed E-state index contributed by atoms with van der Waals surface area (Å²) in [5, 5.41) is 9.74. The highest BCUT2D eigenvalue weighted by molar-refractivity contribution is 5.96. The smallest absolute Gasteiger partial charge is 0.278 e. The summed E-state index contributed by atoms with van der Waals surface area (Å²) in [7, 11) is 0. The molecule has 1 unspecified atom stereocenters. The summed E-state index contributed by atoms with van der Waals surface area (Å²) in [6.07, 6.45) is 3.25. The van der Waals surface area contributed by atoms with Gasteiger partial charge in [-0.1, -0.05) is 6.92 Å². The maximum absolute atomic E-state index is 12.3. The Bertz CT molecular complexity index is 566. The number of piperidine rings is 1. The van der Waals surface area contributed by atoms with Crippen molar-refractivity contribution in [2.24, 2.45) is 5.92 Å². The number of fused-ring (bicyclic) bond motifs is 2. The van der Waals surface area contributed by atoms with Crippen LogP contribution in [0.5, 0.6) is 5.75 Å². The Hall–Kier alpha value is -1.98. The second-order valence-corrected chi connectivity index (χ2v) is 5.02. The van der Waals surface area contributed by atoms with Gasteiger partial charge in [-0.3, -0.25) is 14.3 Å². The zero-order chi connectivity index (χ0) is 12.9. The van der Waals surface area contributed by atoms with Gasteiger partial charge in [-0.2, -0.15) is 0 Å². The monoisotopic (exact) mass is 249 g/mol. The molecule has 2 atom stereocenters. The minimum Gasteiger partial charge on any atom is -0.502 e. The highest BCUT2D eigenvalue weighted by Gasteiger charge is 2.37. The molecule has 1 saturated heterocycles. The molecule has 0 bridgehead atoms. The Morgan fingerprint density at radius 3 is 3.00 bits per heavy atom. The number of amides is 1. The molecule has 18 heavy (non-hydrogen) atoms. The van der Waals surface area contributed by atoms with Crippen LogP contribution in [-0.2, 0) is 0 Å². The van der Waals surface area contributed by atoms with E-state index < -0.39 is 11.2 Å². The van der Waals surface area contributed by atoms with Crippen molar-refractivity contribution in [1.29, 1.82) is 0 Å². The predicted octanol–water partition coefficient (Wildman–Crippen LogP) is 0.309. The van der Waals surface area contributed by atoms with Gasteiger partial charge in [0.15, 0.2) is 11.4 Å². The molecule has 6 heteroatoms. The third-order valence-corrected chi connectivity index (χ3v) is 3.69. The summed E-state index contributed by atoms with van der Waals surface area (Å²) < 4.78 is 1.46. The third-order valence-electron chi connectivity index (χ3n) is 3.69. The number of carbonyl (C=O) groups is 1. The molecule has 6 nitrogen and oxygen atoms in total. The number of carbonyl (C=O) groups excluding carboxylic acids is 1. The number of hydrogen-bond donors (Lipinski definition) is 2. The van der Waals surface area contributed by atoms with E-state index in [0.29, 0.717) is 12.5 Å². The van der Waals surface area contributed by atoms with Crippen LogP contribution in [0.15, 0.2) is 17.1 Å². The number of nitrogens with one attached hydrogen (secondary N) is 1. The van der Waals surface area contributed by atoms with Gasteiger partial charge in [0.25, 0.3) is 5.91 Å². The van der Waals surface area contributed by atoms with Gasteiger partial charge in [0, 0.05) is 18.8 Å². The average molecular weight is 249 g/mol. The van der Waals surface area contributed by atoms with Crippen LogP contribution < -0.4 is 10.9 Å². The Kier molecular flexibility index (Phi) is 2.33. The first-order chi connectivity index (χ1) is 8.58. The summed E-state index contributed by atoms with van der Waals surface area (Å²) in [6.45, 7) is 2.81. The Balaban J connectivity index is 2.08. The third kappa shape index (κ3) is 1.48. The first kappa shape index (κ1) is 11.1. The van der Waals surface area contributed by atoms with Gasteiger partial charge in [-0.05, 0) is 18.8 Å². The Morgan fingerprint density at radius 2 is 2.22 bits per heavy atom. The predicted molar refractivity (Wildman–Crippen MR) is 65.0 cm³/mol. The van der Waals surface area contributed by atoms with Gasteiger partial charge in [0.1, 0.15) is 6.17 Å². The van der Waals surface area contributed by atoms with E-state index in [9.17, 15) is 14.7 Å². The molecule has 0 saturated carbocycles. The normalized spacial score (nSPS) is 26.3. The Labute approximate surface area is 104 Å². The van der Waals surface area contributed by atoms with Gasteiger partial charge in [-0.25, -0.2) is 0 Å². The summed E-state index contributed by atoms with van der Waals surface area (Å²) in [4.78, 5) is 25.4. The van der Waals surface area contributed by atoms with Crippen LogP contribution in [0.4, 0.5) is 0 Å². The number of nitrogens with zero attached hydrogens (tertiary/aromatic N) is 2. The van der Waals surface area contributed by atoms with Crippen molar-refractivity contribution < 1.29 is 9.90 Å². The molecule has 0 radical (unpaired) electrons. The lowest BCUT2D eigenvalue weighted by Gasteiger charge is -2.43. The number of hydrogen-bond acceptors (Lipinski definition) is 4. The fourth-order valence-corrected chi connectivity index (χ4v) is 2.64. The van der Waals surface area contributed by atoms with Crippen molar-refractivity contribution in [3.05, 3.63) is 28.2 Å². The second kappa shape index (κ2) is 3.76. The molecule has 1 fully saturated rings. The highest BCUT2D eigenvalue weighted by Crippen LogP contribution is 2.28. The minimum absolute atomic E-state index is 0.0355. The molecule has 0 spiro atoms. The largest absolute Gasteiger partial charge is 0.502 e. The minimum atomic E-state index is -0.528. The van der Waals surface area contributed by atoms with Gasteiger partial charge in [0.05, 0.1) is 0 Å². The lowest BCUT2D eigenvalue weighted by atomic mass is 9.95. The topological polar surface area (TPSA) is 74.6 Å². The van der Waals surface area contributed by atoms with Crippen molar-refractivity contribution in [3.8, 4) is 5.75 Å². The second-order valence-electron chi connectivity index (χ2n) is 5.02. The molecule has 1 aromatic heterocycles. The van der Waals surface area contributed by atoms with Crippen LogP contribution in [-0.4, -0.2) is 33.3 Å². The quantitative estimate of drug-likeness (QED) is 0.694. The molecule has 2 N–H and O–H groups in total. The van der Waals surface area contributed by atoms with Crippen LogP contribution in [0.1, 0.15) is 30.3 Å². The summed E-state index contributed by atoms with van der Waals surface area (Å²) in [5.74, 6) is -0.200. The van der Waals surface area contributed by atoms with E-state index in [-0.39, 0.29) is 17.8 Å². The van der Waals surface area contributed by atoms with Gasteiger partial charge < -0.3 is 15.4 Å². The van der Waals surface area contributed by atoms with Crippen LogP contribution in [0.3, 0.4) is 0 Å². The molecule has 1 amide bonds. The van der Waals surface area contributed by atoms with Crippen LogP contribution in [0.2, 0.25) is 0 Å². The molecule has 1 aromatic rings. The first-order valence-corrected chi connectivity index (χ1v) is 6.10. The first-order valence-electron chi connectivity index (χ1n) is 6.10. The van der Waals surface area contributed by atoms with E-state index in [1.54, 1.807) is 4.90 Å². The van der Waals surface area contributed by atoms with E-state index >= 15 is 0 Å². The van der Waals surface area contributed by atoms with Crippen LogP contribution >= 0.6 is 0 Å². The maximum atomic E-state index is 12.3. The zero-order valence-electron chi connectivity index (χ0n) is 10.1. The van der Waals surface area contributed by atoms with E-state index in [1.165, 1.54) is 16.9 Å². The number of rotatable bonds is 0. The molecule has 2 aliphatic heterocycles. The van der Waals surface area contributed by atoms with Crippen molar-refractivity contribution in [2.75, 3.05) is 12.0 Å². The van der Waals surface area contributed by atoms with Gasteiger partial charge >= 0.3 is 0 Å². The van der Waals surface area contributed by atoms with E-state index in [1.807, 2.05) is 0 Å². The van der Waals surface area contributed by atoms with Crippen molar-refractivity contribution in [1.82, 2.24) is 9.58 Å². The van der Waals surface area contributed by atoms with E-state index in [4.69, 9.17) is 0 Å². The SMILES string of the molecule is CC1CCN2C(=O)c3c(O)c(=O)ccn3N[C@@H]2C1. The molecule has 96 valence electrons. The van der Waals surface area contributed by atoms with Crippen molar-refractivity contribution in [2.45, 2.75) is 25.9 Å². The molecule has 2 aliphatic rings. The average Bonchev–Trinajstić information content (AvgIpc) is 2.33. The fourth-order valence-electron chi connectivity index (χ4n) is 2.64. The van der Waals surface area contributed by atoms with Gasteiger partial charge in [0.2, 0.25) is 5.43 Å². The Morgan fingerprint density at radius 1 is 1.44 bits per heavy atom. The number of aromatic nitrogens is 1. The highest BCUT2D eigenvalue weighted by atomic mass is 16.3. The standard InChI is InChI=1S/C12H15N3O3/c1-7-2-4-14-9(6-7)13-15-5-3-8(16)11(17)10(15)12(14)18/h3,5,7,9,13,17H,2,4,6H2,1H3/t7?,9-/m0/s1. The molecule has 3 rings (SSSR count). The lowest BCUT2D eigenvalue weighted by Crippen LogP contribution is -2.57. The van der Waals surface area contributed by atoms with E-state index in [2.05, 4.69) is 12.3 Å². The molecule has 0 aromatic carbocycles. The summed E-state index contributed by atoms with van der Waals surface area (Å²) in [5.41, 5.74) is 2.66. The van der Waals surface area contributed by atoms with E-state index in [0.717, 1.165) is 12.8 Å². The molecular weight excluding hydrogens is 234 g/mol. The zero-order valence-corrected chi connectivity index (χ0v) is 10.1. The number of aromatic hydroxyl groups is 1.